The molecule has 2 unspecified atom stereocenters. The molecule has 1 aliphatic carbocycles. The molecule has 0 radical (unpaired) electrons. The topological polar surface area (TPSA) is 55.8 Å². The zero-order chi connectivity index (χ0) is 15.0. The molecule has 1 saturated heterocycles. The van der Waals surface area contributed by atoms with Gasteiger partial charge in [0.15, 0.2) is 11.6 Å². The predicted molar refractivity (Wildman–Crippen MR) is 73.8 cm³/mol. The third-order valence-electron chi connectivity index (χ3n) is 4.60. The Morgan fingerprint density at radius 3 is 2.86 bits per heavy atom. The summed E-state index contributed by atoms with van der Waals surface area (Å²) in [6.45, 7) is 0.464. The molecule has 21 heavy (non-hydrogen) atoms. The predicted octanol–water partition coefficient (Wildman–Crippen LogP) is 2.65. The van der Waals surface area contributed by atoms with Crippen LogP contribution in [-0.4, -0.2) is 30.9 Å². The first-order valence-electron chi connectivity index (χ1n) is 7.24. The third-order valence-corrected chi connectivity index (χ3v) is 4.60. The maximum Gasteiger partial charge on any atom is 0.312 e. The van der Waals surface area contributed by atoms with Crippen molar-refractivity contribution in [3.8, 4) is 5.75 Å². The molecule has 1 saturated carbocycles. The Morgan fingerprint density at radius 2 is 2.29 bits per heavy atom. The number of carboxylic acid groups (broad SMARTS) is 1. The van der Waals surface area contributed by atoms with Gasteiger partial charge < -0.3 is 14.6 Å². The molecule has 1 aromatic rings. The fraction of sp³-hybridized carbons (Fsp3) is 0.562. The van der Waals surface area contributed by atoms with Gasteiger partial charge in [0.2, 0.25) is 0 Å². The maximum absolute atomic E-state index is 13.8. The number of halogens is 1. The van der Waals surface area contributed by atoms with Crippen molar-refractivity contribution in [1.82, 2.24) is 0 Å². The second-order valence-corrected chi connectivity index (χ2v) is 5.99. The van der Waals surface area contributed by atoms with E-state index in [1.54, 1.807) is 12.1 Å². The summed E-state index contributed by atoms with van der Waals surface area (Å²) in [6.07, 6.45) is 2.58. The molecule has 5 heteroatoms. The lowest BCUT2D eigenvalue weighted by Crippen LogP contribution is -2.42. The van der Waals surface area contributed by atoms with Crippen molar-refractivity contribution in [2.45, 2.75) is 31.8 Å². The first kappa shape index (κ1) is 14.3. The third kappa shape index (κ3) is 2.50. The minimum absolute atomic E-state index is 0.171. The van der Waals surface area contributed by atoms with Crippen LogP contribution in [0.1, 0.15) is 24.8 Å². The molecule has 0 spiro atoms. The van der Waals surface area contributed by atoms with Crippen LogP contribution in [0, 0.1) is 17.2 Å². The molecule has 0 amide bonds. The fourth-order valence-corrected chi connectivity index (χ4v) is 3.33. The SMILES string of the molecule is COc1ccc(CC2(C(=O)O)CCOC2C2CC2)cc1F. The summed E-state index contributed by atoms with van der Waals surface area (Å²) in [5.41, 5.74) is -0.255. The average molecular weight is 294 g/mol. The van der Waals surface area contributed by atoms with Crippen LogP contribution in [0.3, 0.4) is 0 Å². The highest BCUT2D eigenvalue weighted by atomic mass is 19.1. The molecule has 1 aliphatic heterocycles. The molecule has 2 fully saturated rings. The van der Waals surface area contributed by atoms with Crippen molar-refractivity contribution in [2.75, 3.05) is 13.7 Å². The summed E-state index contributed by atoms with van der Waals surface area (Å²) in [5.74, 6) is -0.790. The fourth-order valence-electron chi connectivity index (χ4n) is 3.33. The number of benzene rings is 1. The molecule has 0 aromatic heterocycles. The summed E-state index contributed by atoms with van der Waals surface area (Å²) >= 11 is 0. The van der Waals surface area contributed by atoms with Gasteiger partial charge in [0.1, 0.15) is 5.41 Å². The molecule has 1 N–H and O–H groups in total. The van der Waals surface area contributed by atoms with E-state index in [4.69, 9.17) is 9.47 Å². The number of hydrogen-bond acceptors (Lipinski definition) is 3. The van der Waals surface area contributed by atoms with Gasteiger partial charge in [-0.15, -0.1) is 0 Å². The van der Waals surface area contributed by atoms with Crippen LogP contribution in [0.5, 0.6) is 5.75 Å². The largest absolute Gasteiger partial charge is 0.494 e. The Bertz CT molecular complexity index is 555. The number of methoxy groups -OCH3 is 1. The van der Waals surface area contributed by atoms with E-state index in [1.165, 1.54) is 13.2 Å². The molecular formula is C16H19FO4. The zero-order valence-electron chi connectivity index (χ0n) is 12.0. The van der Waals surface area contributed by atoms with E-state index >= 15 is 0 Å². The lowest BCUT2D eigenvalue weighted by molar-refractivity contribution is -0.153. The number of carbonyl (C=O) groups is 1. The highest BCUT2D eigenvalue weighted by molar-refractivity contribution is 5.76. The summed E-state index contributed by atoms with van der Waals surface area (Å²) in [5, 5.41) is 9.74. The molecule has 3 rings (SSSR count). The van der Waals surface area contributed by atoms with E-state index in [2.05, 4.69) is 0 Å². The first-order chi connectivity index (χ1) is 10.1. The van der Waals surface area contributed by atoms with Crippen LogP contribution in [0.4, 0.5) is 4.39 Å². The van der Waals surface area contributed by atoms with E-state index in [0.717, 1.165) is 12.8 Å². The van der Waals surface area contributed by atoms with E-state index in [1.807, 2.05) is 0 Å². The second kappa shape index (κ2) is 5.30. The van der Waals surface area contributed by atoms with Crippen LogP contribution < -0.4 is 4.74 Å². The van der Waals surface area contributed by atoms with Crippen LogP contribution in [0.2, 0.25) is 0 Å². The summed E-state index contributed by atoms with van der Waals surface area (Å²) < 4.78 is 24.4. The molecule has 1 heterocycles. The highest BCUT2D eigenvalue weighted by Crippen LogP contribution is 2.49. The van der Waals surface area contributed by atoms with Gasteiger partial charge in [-0.3, -0.25) is 4.79 Å². The smallest absolute Gasteiger partial charge is 0.312 e. The van der Waals surface area contributed by atoms with E-state index in [9.17, 15) is 14.3 Å². The maximum atomic E-state index is 13.8. The molecule has 114 valence electrons. The van der Waals surface area contributed by atoms with Gasteiger partial charge in [0.05, 0.1) is 13.2 Å². The average Bonchev–Trinajstić information content (AvgIpc) is 3.20. The van der Waals surface area contributed by atoms with Gasteiger partial charge in [0, 0.05) is 6.61 Å². The zero-order valence-corrected chi connectivity index (χ0v) is 12.0. The van der Waals surface area contributed by atoms with Crippen LogP contribution in [0.15, 0.2) is 18.2 Å². The molecule has 2 atom stereocenters. The number of carboxylic acids is 1. The van der Waals surface area contributed by atoms with Gasteiger partial charge in [-0.1, -0.05) is 6.07 Å². The summed E-state index contributed by atoms with van der Waals surface area (Å²) in [4.78, 5) is 11.9. The van der Waals surface area contributed by atoms with Crippen LogP contribution in [0.25, 0.3) is 0 Å². The Morgan fingerprint density at radius 1 is 1.52 bits per heavy atom. The summed E-state index contributed by atoms with van der Waals surface area (Å²) in [7, 11) is 1.41. The van der Waals surface area contributed by atoms with Gasteiger partial charge >= 0.3 is 5.97 Å². The minimum Gasteiger partial charge on any atom is -0.494 e. The van der Waals surface area contributed by atoms with E-state index in [-0.39, 0.29) is 11.9 Å². The normalized spacial score (nSPS) is 28.6. The number of ether oxygens (including phenoxy) is 2. The lowest BCUT2D eigenvalue weighted by Gasteiger charge is -2.30. The molecule has 4 nitrogen and oxygen atoms in total. The Balaban J connectivity index is 1.88. The van der Waals surface area contributed by atoms with Gasteiger partial charge in [-0.2, -0.15) is 0 Å². The Hall–Kier alpha value is -1.62. The standard InChI is InChI=1S/C16H19FO4/c1-20-13-5-2-10(8-12(13)17)9-16(15(18)19)6-7-21-14(16)11-3-4-11/h2,5,8,11,14H,3-4,6-7,9H2,1H3,(H,18,19). The number of aliphatic carboxylic acids is 1. The van der Waals surface area contributed by atoms with Gasteiger partial charge in [-0.25, -0.2) is 4.39 Å². The molecule has 1 aromatic carbocycles. The monoisotopic (exact) mass is 294 g/mol. The van der Waals surface area contributed by atoms with E-state index in [0.29, 0.717) is 30.9 Å². The number of hydrogen-bond donors (Lipinski definition) is 1. The lowest BCUT2D eigenvalue weighted by atomic mass is 9.74. The van der Waals surface area contributed by atoms with Crippen molar-refractivity contribution >= 4 is 5.97 Å². The van der Waals surface area contributed by atoms with Crippen molar-refractivity contribution in [1.29, 1.82) is 0 Å². The van der Waals surface area contributed by atoms with Crippen LogP contribution >= 0.6 is 0 Å². The van der Waals surface area contributed by atoms with Crippen molar-refractivity contribution in [3.05, 3.63) is 29.6 Å². The van der Waals surface area contributed by atoms with E-state index < -0.39 is 17.2 Å². The van der Waals surface area contributed by atoms with Crippen molar-refractivity contribution in [3.63, 3.8) is 0 Å². The molecule has 2 aliphatic rings. The number of rotatable bonds is 5. The van der Waals surface area contributed by atoms with Crippen molar-refractivity contribution < 1.29 is 23.8 Å². The van der Waals surface area contributed by atoms with Gasteiger partial charge in [0.25, 0.3) is 0 Å². The molecular weight excluding hydrogens is 275 g/mol. The summed E-state index contributed by atoms with van der Waals surface area (Å²) in [6, 6.07) is 4.64. The minimum atomic E-state index is -0.928. The quantitative estimate of drug-likeness (QED) is 0.907. The first-order valence-corrected chi connectivity index (χ1v) is 7.24. The Kier molecular flexibility index (Phi) is 3.61. The highest BCUT2D eigenvalue weighted by Gasteiger charge is 2.55. The van der Waals surface area contributed by atoms with Gasteiger partial charge in [-0.05, 0) is 49.3 Å². The second-order valence-electron chi connectivity index (χ2n) is 5.99. The van der Waals surface area contributed by atoms with Crippen molar-refractivity contribution in [2.24, 2.45) is 11.3 Å². The molecule has 0 bridgehead atoms. The Labute approximate surface area is 122 Å². The van der Waals surface area contributed by atoms with Crippen LogP contribution in [-0.2, 0) is 16.0 Å².